The zero-order valence-corrected chi connectivity index (χ0v) is 7.99. The van der Waals surface area contributed by atoms with E-state index in [1.807, 2.05) is 18.2 Å². The second-order valence-electron chi connectivity index (χ2n) is 2.99. The third kappa shape index (κ3) is 1.33. The molecule has 0 unspecified atom stereocenters. The molecular weight excluding hydrogens is 193 g/mol. The van der Waals surface area contributed by atoms with Crippen molar-refractivity contribution >= 4 is 23.2 Å². The predicted octanol–water partition coefficient (Wildman–Crippen LogP) is 2.68. The molecule has 1 fully saturated rings. The molecule has 1 N–H and O–H groups in total. The maximum absolute atomic E-state index is 6.02. The van der Waals surface area contributed by atoms with Gasteiger partial charge in [-0.1, -0.05) is 29.3 Å². The molecule has 0 radical (unpaired) electrons. The van der Waals surface area contributed by atoms with Gasteiger partial charge in [0, 0.05) is 29.1 Å². The molecule has 0 atom stereocenters. The first-order valence-electron chi connectivity index (χ1n) is 3.93. The van der Waals surface area contributed by atoms with E-state index in [1.54, 1.807) is 0 Å². The van der Waals surface area contributed by atoms with Gasteiger partial charge in [-0.2, -0.15) is 0 Å². The topological polar surface area (TPSA) is 12.0 Å². The third-order valence-corrected chi connectivity index (χ3v) is 2.85. The molecule has 1 aliphatic heterocycles. The fourth-order valence-corrected chi connectivity index (χ4v) is 2.10. The molecule has 0 aromatic heterocycles. The molecule has 1 heterocycles. The quantitative estimate of drug-likeness (QED) is 0.738. The molecule has 3 heteroatoms. The molecule has 0 spiro atoms. The van der Waals surface area contributed by atoms with E-state index < -0.39 is 0 Å². The Morgan fingerprint density at radius 2 is 1.75 bits per heavy atom. The van der Waals surface area contributed by atoms with Gasteiger partial charge in [0.15, 0.2) is 0 Å². The van der Waals surface area contributed by atoms with Crippen LogP contribution in [0.25, 0.3) is 0 Å². The van der Waals surface area contributed by atoms with E-state index in [1.165, 1.54) is 0 Å². The number of hydrogen-bond donors (Lipinski definition) is 1. The maximum atomic E-state index is 6.02. The van der Waals surface area contributed by atoms with Gasteiger partial charge in [0.1, 0.15) is 0 Å². The van der Waals surface area contributed by atoms with Gasteiger partial charge in [-0.15, -0.1) is 0 Å². The molecule has 64 valence electrons. The molecule has 1 aliphatic rings. The Labute approximate surface area is 81.7 Å². The zero-order chi connectivity index (χ0) is 8.55. The van der Waals surface area contributed by atoms with Crippen LogP contribution in [0.4, 0.5) is 0 Å². The average molecular weight is 202 g/mol. The highest BCUT2D eigenvalue weighted by molar-refractivity contribution is 6.36. The van der Waals surface area contributed by atoms with Crippen molar-refractivity contribution in [3.05, 3.63) is 33.8 Å². The van der Waals surface area contributed by atoms with Crippen LogP contribution in [0.3, 0.4) is 0 Å². The standard InChI is InChI=1S/C9H9Cl2N/c10-7-2-1-3-8(11)9(7)6-4-12-5-6/h1-3,6,12H,4-5H2. The summed E-state index contributed by atoms with van der Waals surface area (Å²) in [5.74, 6) is 0.506. The van der Waals surface area contributed by atoms with Crippen molar-refractivity contribution in [1.29, 1.82) is 0 Å². The first-order valence-corrected chi connectivity index (χ1v) is 4.69. The lowest BCUT2D eigenvalue weighted by molar-refractivity contribution is 0.448. The van der Waals surface area contributed by atoms with E-state index in [0.717, 1.165) is 28.7 Å². The zero-order valence-electron chi connectivity index (χ0n) is 6.48. The summed E-state index contributed by atoms with van der Waals surface area (Å²) in [6.45, 7) is 1.98. The van der Waals surface area contributed by atoms with E-state index >= 15 is 0 Å². The monoisotopic (exact) mass is 201 g/mol. The first kappa shape index (κ1) is 8.36. The van der Waals surface area contributed by atoms with Crippen LogP contribution in [0.2, 0.25) is 10.0 Å². The van der Waals surface area contributed by atoms with E-state index in [4.69, 9.17) is 23.2 Å². The fourth-order valence-electron chi connectivity index (χ4n) is 1.39. The van der Waals surface area contributed by atoms with Crippen LogP contribution in [-0.2, 0) is 0 Å². The van der Waals surface area contributed by atoms with Crippen LogP contribution in [0, 0.1) is 0 Å². The predicted molar refractivity (Wildman–Crippen MR) is 52.1 cm³/mol. The Hall–Kier alpha value is -0.240. The Bertz CT molecular complexity index is 274. The van der Waals surface area contributed by atoms with Gasteiger partial charge in [-0.25, -0.2) is 0 Å². The van der Waals surface area contributed by atoms with Gasteiger partial charge in [0.05, 0.1) is 0 Å². The van der Waals surface area contributed by atoms with Crippen molar-refractivity contribution in [3.63, 3.8) is 0 Å². The van der Waals surface area contributed by atoms with Crippen molar-refractivity contribution in [2.75, 3.05) is 13.1 Å². The molecule has 1 nitrogen and oxygen atoms in total. The van der Waals surface area contributed by atoms with Gasteiger partial charge >= 0.3 is 0 Å². The molecule has 2 rings (SSSR count). The normalized spacial score (nSPS) is 17.5. The van der Waals surface area contributed by atoms with E-state index in [0.29, 0.717) is 5.92 Å². The highest BCUT2D eigenvalue weighted by Gasteiger charge is 2.23. The summed E-state index contributed by atoms with van der Waals surface area (Å²) >= 11 is 12.0. The van der Waals surface area contributed by atoms with Crippen molar-refractivity contribution < 1.29 is 0 Å². The van der Waals surface area contributed by atoms with Gasteiger partial charge in [-0.3, -0.25) is 0 Å². The van der Waals surface area contributed by atoms with Crippen LogP contribution in [0.1, 0.15) is 11.5 Å². The molecule has 0 aliphatic carbocycles. The number of hydrogen-bond acceptors (Lipinski definition) is 1. The van der Waals surface area contributed by atoms with Crippen LogP contribution < -0.4 is 5.32 Å². The summed E-state index contributed by atoms with van der Waals surface area (Å²) in [6, 6.07) is 5.66. The lowest BCUT2D eigenvalue weighted by Crippen LogP contribution is -2.40. The molecular formula is C9H9Cl2N. The summed E-state index contributed by atoms with van der Waals surface area (Å²) in [7, 11) is 0. The molecule has 0 bridgehead atoms. The summed E-state index contributed by atoms with van der Waals surface area (Å²) in [4.78, 5) is 0. The number of benzene rings is 1. The molecule has 1 saturated heterocycles. The Morgan fingerprint density at radius 1 is 1.17 bits per heavy atom. The number of halogens is 2. The van der Waals surface area contributed by atoms with Crippen molar-refractivity contribution in [1.82, 2.24) is 5.32 Å². The van der Waals surface area contributed by atoms with E-state index in [9.17, 15) is 0 Å². The Balaban J connectivity index is 2.39. The van der Waals surface area contributed by atoms with Gasteiger partial charge in [0.25, 0.3) is 0 Å². The SMILES string of the molecule is Clc1cccc(Cl)c1C1CNC1. The summed E-state index contributed by atoms with van der Waals surface area (Å²) in [6.07, 6.45) is 0. The van der Waals surface area contributed by atoms with Crippen molar-refractivity contribution in [3.8, 4) is 0 Å². The van der Waals surface area contributed by atoms with Crippen LogP contribution in [-0.4, -0.2) is 13.1 Å². The van der Waals surface area contributed by atoms with Gasteiger partial charge < -0.3 is 5.32 Å². The number of rotatable bonds is 1. The average Bonchev–Trinajstić information content (AvgIpc) is 1.93. The van der Waals surface area contributed by atoms with Gasteiger partial charge in [0.2, 0.25) is 0 Å². The second kappa shape index (κ2) is 3.25. The molecule has 0 amide bonds. The highest BCUT2D eigenvalue weighted by atomic mass is 35.5. The second-order valence-corrected chi connectivity index (χ2v) is 3.80. The minimum absolute atomic E-state index is 0.506. The van der Waals surface area contributed by atoms with Crippen LogP contribution in [0.15, 0.2) is 18.2 Å². The largest absolute Gasteiger partial charge is 0.315 e. The third-order valence-electron chi connectivity index (χ3n) is 2.19. The Kier molecular flexibility index (Phi) is 2.26. The lowest BCUT2D eigenvalue weighted by atomic mass is 9.94. The Morgan fingerprint density at radius 3 is 2.17 bits per heavy atom. The van der Waals surface area contributed by atoms with E-state index in [2.05, 4.69) is 5.32 Å². The maximum Gasteiger partial charge on any atom is 0.0456 e. The molecule has 0 saturated carbocycles. The van der Waals surface area contributed by atoms with Crippen molar-refractivity contribution in [2.45, 2.75) is 5.92 Å². The molecule has 1 aromatic rings. The first-order chi connectivity index (χ1) is 5.79. The molecule has 1 aromatic carbocycles. The minimum atomic E-state index is 0.506. The highest BCUT2D eigenvalue weighted by Crippen LogP contribution is 2.33. The van der Waals surface area contributed by atoms with E-state index in [-0.39, 0.29) is 0 Å². The lowest BCUT2D eigenvalue weighted by Gasteiger charge is -2.28. The van der Waals surface area contributed by atoms with Crippen molar-refractivity contribution in [2.24, 2.45) is 0 Å². The van der Waals surface area contributed by atoms with Crippen LogP contribution >= 0.6 is 23.2 Å². The summed E-state index contributed by atoms with van der Waals surface area (Å²) in [5, 5.41) is 4.77. The molecule has 12 heavy (non-hydrogen) atoms. The number of nitrogens with one attached hydrogen (secondary N) is 1. The summed E-state index contributed by atoms with van der Waals surface area (Å²) < 4.78 is 0. The smallest absolute Gasteiger partial charge is 0.0456 e. The fraction of sp³-hybridized carbons (Fsp3) is 0.333. The minimum Gasteiger partial charge on any atom is -0.315 e. The van der Waals surface area contributed by atoms with Crippen LogP contribution in [0.5, 0.6) is 0 Å². The van der Waals surface area contributed by atoms with Gasteiger partial charge in [-0.05, 0) is 17.7 Å². The summed E-state index contributed by atoms with van der Waals surface area (Å²) in [5.41, 5.74) is 1.10.